The van der Waals surface area contributed by atoms with Crippen molar-refractivity contribution in [3.8, 4) is 0 Å². The van der Waals surface area contributed by atoms with Crippen molar-refractivity contribution in [1.82, 2.24) is 19.6 Å². The Bertz CT molecular complexity index is 715. The summed E-state index contributed by atoms with van der Waals surface area (Å²) in [4.78, 5) is 8.73. The van der Waals surface area contributed by atoms with Crippen LogP contribution in [-0.4, -0.2) is 48.3 Å². The minimum Gasteiger partial charge on any atom is -0.394 e. The summed E-state index contributed by atoms with van der Waals surface area (Å²) < 4.78 is 1.62. The van der Waals surface area contributed by atoms with Crippen LogP contribution in [0, 0.1) is 0 Å². The first-order valence-corrected chi connectivity index (χ1v) is 6.78. The molecule has 0 spiro atoms. The van der Waals surface area contributed by atoms with Gasteiger partial charge in [0.1, 0.15) is 6.33 Å². The molecule has 3 aromatic rings. The molecule has 2 aromatic heterocycles. The zero-order chi connectivity index (χ0) is 13.2. The Morgan fingerprint density at radius 2 is 2.16 bits per heavy atom. The smallest absolute Gasteiger partial charge is 0.209 e. The van der Waals surface area contributed by atoms with Gasteiger partial charge in [0.05, 0.1) is 18.2 Å². The average Bonchev–Trinajstić information content (AvgIpc) is 2.88. The number of benzene rings is 1. The van der Waals surface area contributed by atoms with Gasteiger partial charge in [0.2, 0.25) is 5.16 Å². The summed E-state index contributed by atoms with van der Waals surface area (Å²) in [5.41, 5.74) is 1.61. The van der Waals surface area contributed by atoms with Crippen LogP contribution in [0.4, 0.5) is 0 Å². The van der Waals surface area contributed by atoms with Crippen LogP contribution in [0.1, 0.15) is 0 Å². The van der Waals surface area contributed by atoms with Crippen LogP contribution in [0.15, 0.2) is 35.7 Å². The van der Waals surface area contributed by atoms with Gasteiger partial charge >= 0.3 is 0 Å². The Balaban J connectivity index is 1.98. The number of para-hydroxylation sites is 1. The van der Waals surface area contributed by atoms with Gasteiger partial charge in [0, 0.05) is 11.1 Å². The highest BCUT2D eigenvalue weighted by Gasteiger charge is 2.10. The summed E-state index contributed by atoms with van der Waals surface area (Å²) in [5, 5.41) is 23.9. The Hall–Kier alpha value is -1.70. The number of hydrogen-bond acceptors (Lipinski definition) is 6. The summed E-state index contributed by atoms with van der Waals surface area (Å²) in [7, 11) is 0. The highest BCUT2D eigenvalue weighted by molar-refractivity contribution is 7.99. The van der Waals surface area contributed by atoms with Crippen molar-refractivity contribution in [2.75, 3.05) is 12.4 Å². The van der Waals surface area contributed by atoms with E-state index < -0.39 is 6.10 Å². The van der Waals surface area contributed by atoms with Crippen LogP contribution in [0.5, 0.6) is 0 Å². The van der Waals surface area contributed by atoms with Crippen molar-refractivity contribution in [3.63, 3.8) is 0 Å². The van der Waals surface area contributed by atoms with E-state index in [1.54, 1.807) is 10.8 Å². The molecule has 1 aromatic carbocycles. The van der Waals surface area contributed by atoms with Gasteiger partial charge in [-0.3, -0.25) is 0 Å². The molecular weight excluding hydrogens is 264 g/mol. The molecule has 98 valence electrons. The largest absolute Gasteiger partial charge is 0.394 e. The van der Waals surface area contributed by atoms with E-state index in [0.29, 0.717) is 10.9 Å². The molecule has 0 saturated heterocycles. The van der Waals surface area contributed by atoms with E-state index in [1.807, 2.05) is 24.3 Å². The van der Waals surface area contributed by atoms with Crippen molar-refractivity contribution in [2.45, 2.75) is 11.3 Å². The number of aliphatic hydroxyl groups is 2. The van der Waals surface area contributed by atoms with Gasteiger partial charge in [-0.2, -0.15) is 0 Å². The molecule has 2 N–H and O–H groups in total. The summed E-state index contributed by atoms with van der Waals surface area (Å²) in [6.07, 6.45) is 0.864. The monoisotopic (exact) mass is 276 g/mol. The number of rotatable bonds is 4. The van der Waals surface area contributed by atoms with Crippen molar-refractivity contribution < 1.29 is 10.2 Å². The van der Waals surface area contributed by atoms with Crippen molar-refractivity contribution in [3.05, 3.63) is 30.6 Å². The molecule has 3 rings (SSSR count). The van der Waals surface area contributed by atoms with E-state index in [0.717, 1.165) is 16.6 Å². The van der Waals surface area contributed by atoms with Crippen LogP contribution in [0.25, 0.3) is 16.6 Å². The Kier molecular flexibility index (Phi) is 3.33. The zero-order valence-electron chi connectivity index (χ0n) is 9.97. The van der Waals surface area contributed by atoms with Gasteiger partial charge in [-0.25, -0.2) is 14.5 Å². The maximum Gasteiger partial charge on any atom is 0.209 e. The van der Waals surface area contributed by atoms with E-state index in [1.165, 1.54) is 11.8 Å². The van der Waals surface area contributed by atoms with Gasteiger partial charge in [-0.05, 0) is 12.1 Å². The van der Waals surface area contributed by atoms with Gasteiger partial charge < -0.3 is 10.2 Å². The second-order valence-electron chi connectivity index (χ2n) is 4.07. The van der Waals surface area contributed by atoms with Crippen molar-refractivity contribution in [1.29, 1.82) is 0 Å². The number of thioether (sulfide) groups is 1. The van der Waals surface area contributed by atoms with Crippen LogP contribution in [0.2, 0.25) is 0 Å². The molecule has 0 saturated carbocycles. The first kappa shape index (κ1) is 12.3. The fraction of sp³-hybridized carbons (Fsp3) is 0.250. The van der Waals surface area contributed by atoms with Gasteiger partial charge in [0.15, 0.2) is 5.65 Å². The molecule has 6 nitrogen and oxygen atoms in total. The Morgan fingerprint density at radius 3 is 3.00 bits per heavy atom. The predicted molar refractivity (Wildman–Crippen MR) is 72.1 cm³/mol. The molecule has 0 fully saturated rings. The number of aromatic nitrogens is 4. The van der Waals surface area contributed by atoms with Crippen LogP contribution >= 0.6 is 11.8 Å². The van der Waals surface area contributed by atoms with Crippen LogP contribution < -0.4 is 0 Å². The first-order valence-electron chi connectivity index (χ1n) is 5.80. The van der Waals surface area contributed by atoms with Crippen LogP contribution in [0.3, 0.4) is 0 Å². The van der Waals surface area contributed by atoms with E-state index in [4.69, 9.17) is 5.11 Å². The van der Waals surface area contributed by atoms with Gasteiger partial charge in [-0.15, -0.1) is 5.10 Å². The summed E-state index contributed by atoms with van der Waals surface area (Å²) in [5.74, 6) is 0.360. The number of aliphatic hydroxyl groups excluding tert-OH is 2. The topological polar surface area (TPSA) is 83.5 Å². The molecule has 0 aliphatic carbocycles. The van der Waals surface area contributed by atoms with Crippen LogP contribution in [-0.2, 0) is 0 Å². The van der Waals surface area contributed by atoms with Crippen molar-refractivity contribution >= 4 is 28.3 Å². The minimum atomic E-state index is -0.758. The molecule has 0 aliphatic heterocycles. The van der Waals surface area contributed by atoms with Gasteiger partial charge in [0.25, 0.3) is 0 Å². The first-order chi connectivity index (χ1) is 9.28. The molecule has 0 unspecified atom stereocenters. The third-order valence-electron chi connectivity index (χ3n) is 2.68. The molecule has 0 radical (unpaired) electrons. The molecular formula is C12H12N4O2S. The third kappa shape index (κ3) is 2.40. The second-order valence-corrected chi connectivity index (χ2v) is 5.06. The maximum atomic E-state index is 9.32. The van der Waals surface area contributed by atoms with E-state index in [9.17, 15) is 5.11 Å². The highest BCUT2D eigenvalue weighted by atomic mass is 32.2. The second kappa shape index (κ2) is 5.12. The molecule has 19 heavy (non-hydrogen) atoms. The Morgan fingerprint density at radius 1 is 1.32 bits per heavy atom. The Labute approximate surface area is 113 Å². The van der Waals surface area contributed by atoms with E-state index in [2.05, 4.69) is 15.1 Å². The fourth-order valence-electron chi connectivity index (χ4n) is 1.74. The lowest BCUT2D eigenvalue weighted by molar-refractivity contribution is 0.113. The molecule has 1 atom stereocenters. The molecule has 7 heteroatoms. The van der Waals surface area contributed by atoms with Gasteiger partial charge in [-0.1, -0.05) is 23.9 Å². The number of hydrogen-bond donors (Lipinski definition) is 2. The SMILES string of the molecule is OC[C@H](O)CSc1nc2c3ccccc3ncn2n1. The van der Waals surface area contributed by atoms with E-state index in [-0.39, 0.29) is 6.61 Å². The highest BCUT2D eigenvalue weighted by Crippen LogP contribution is 2.20. The molecule has 0 bridgehead atoms. The quantitative estimate of drug-likeness (QED) is 0.683. The lowest BCUT2D eigenvalue weighted by atomic mass is 10.2. The van der Waals surface area contributed by atoms with Crippen molar-refractivity contribution in [2.24, 2.45) is 0 Å². The number of fused-ring (bicyclic) bond motifs is 3. The summed E-state index contributed by atoms with van der Waals surface area (Å²) in [6, 6.07) is 7.73. The average molecular weight is 276 g/mol. The predicted octanol–water partition coefficient (Wildman–Crippen LogP) is 0.723. The van der Waals surface area contributed by atoms with E-state index >= 15 is 0 Å². The molecule has 0 aliphatic rings. The molecule has 2 heterocycles. The normalized spacial score (nSPS) is 13.2. The zero-order valence-corrected chi connectivity index (χ0v) is 10.8. The lowest BCUT2D eigenvalue weighted by Crippen LogP contribution is -2.14. The fourth-order valence-corrected chi connectivity index (χ4v) is 2.49. The minimum absolute atomic E-state index is 0.259. The third-order valence-corrected chi connectivity index (χ3v) is 3.66. The standard InChI is InChI=1S/C12H12N4O2S/c17-5-8(18)6-19-12-14-11-9-3-1-2-4-10(9)13-7-16(11)15-12/h1-4,7-8,17-18H,5-6H2/t8-/m0/s1. The summed E-state index contributed by atoms with van der Waals surface area (Å²) >= 11 is 1.31. The molecule has 0 amide bonds. The number of nitrogens with zero attached hydrogens (tertiary/aromatic N) is 4. The maximum absolute atomic E-state index is 9.32. The summed E-state index contributed by atoms with van der Waals surface area (Å²) in [6.45, 7) is -0.259. The lowest BCUT2D eigenvalue weighted by Gasteiger charge is -2.02.